The molecular formula is C14H11F7N2O2S2. The predicted molar refractivity (Wildman–Crippen MR) is 85.8 cm³/mol. The van der Waals surface area contributed by atoms with Crippen LogP contribution in [0, 0.1) is 12.7 Å². The summed E-state index contributed by atoms with van der Waals surface area (Å²) >= 11 is -2.05. The summed E-state index contributed by atoms with van der Waals surface area (Å²) in [5, 5.41) is -0.320. The van der Waals surface area contributed by atoms with Crippen molar-refractivity contribution in [2.75, 3.05) is 18.1 Å². The van der Waals surface area contributed by atoms with E-state index in [0.29, 0.717) is 16.7 Å². The highest BCUT2D eigenvalue weighted by atomic mass is 32.2. The number of amides is 1. The van der Waals surface area contributed by atoms with Gasteiger partial charge in [0.05, 0.1) is 11.4 Å². The summed E-state index contributed by atoms with van der Waals surface area (Å²) in [7, 11) is 0. The minimum atomic E-state index is -4.80. The highest BCUT2D eigenvalue weighted by Gasteiger charge is 2.39. The van der Waals surface area contributed by atoms with Crippen LogP contribution < -0.4 is 0 Å². The Hall–Kier alpha value is -1.47. The molecule has 1 aromatic carbocycles. The fourth-order valence-electron chi connectivity index (χ4n) is 2.08. The molecule has 1 saturated heterocycles. The minimum Gasteiger partial charge on any atom is -0.611 e. The Labute approximate surface area is 156 Å². The van der Waals surface area contributed by atoms with Crippen molar-refractivity contribution in [3.05, 3.63) is 23.5 Å². The molecule has 1 aliphatic rings. The van der Waals surface area contributed by atoms with Crippen LogP contribution >= 0.6 is 11.8 Å². The van der Waals surface area contributed by atoms with Gasteiger partial charge in [-0.15, -0.1) is 0 Å². The van der Waals surface area contributed by atoms with Gasteiger partial charge in [-0.05, 0) is 29.7 Å². The van der Waals surface area contributed by atoms with Crippen LogP contribution in [-0.4, -0.2) is 50.9 Å². The van der Waals surface area contributed by atoms with Gasteiger partial charge in [-0.25, -0.2) is 9.38 Å². The van der Waals surface area contributed by atoms with Crippen LogP contribution in [0.5, 0.6) is 0 Å². The summed E-state index contributed by atoms with van der Waals surface area (Å²) < 4.78 is 101. The molecule has 1 atom stereocenters. The monoisotopic (exact) mass is 436 g/mol. The van der Waals surface area contributed by atoms with Crippen LogP contribution in [-0.2, 0) is 16.0 Å². The number of carbonyl (C=O) groups is 1. The van der Waals surface area contributed by atoms with E-state index >= 15 is 0 Å². The molecule has 0 aromatic heterocycles. The first-order valence-corrected chi connectivity index (χ1v) is 9.41. The van der Waals surface area contributed by atoms with Gasteiger partial charge in [0.15, 0.2) is 15.9 Å². The Bertz CT molecular complexity index is 765. The molecule has 0 aliphatic carbocycles. The van der Waals surface area contributed by atoms with Crippen LogP contribution in [0.3, 0.4) is 0 Å². The highest BCUT2D eigenvalue weighted by Crippen LogP contribution is 2.32. The van der Waals surface area contributed by atoms with E-state index in [0.717, 1.165) is 12.1 Å². The number of aryl methyl sites for hydroxylation is 1. The number of aliphatic imine (C=N–C) groups is 1. The SMILES string of the molecule is Cc1cc(F)c([S@+]([O-])CC(F)(F)F)cc1/N=C1\SCC(=O)N1CC(F)(F)F. The summed E-state index contributed by atoms with van der Waals surface area (Å²) in [5.41, 5.74) is -0.0778. The van der Waals surface area contributed by atoms with Crippen LogP contribution in [0.2, 0.25) is 0 Å². The maximum Gasteiger partial charge on any atom is 0.433 e. The molecule has 1 aliphatic heterocycles. The number of thioether (sulfide) groups is 1. The third kappa shape index (κ3) is 6.01. The lowest BCUT2D eigenvalue weighted by molar-refractivity contribution is -0.150. The van der Waals surface area contributed by atoms with Crippen molar-refractivity contribution < 1.29 is 40.1 Å². The predicted octanol–water partition coefficient (Wildman–Crippen LogP) is 3.93. The fourth-order valence-corrected chi connectivity index (χ4v) is 3.95. The molecule has 0 N–H and O–H groups in total. The molecule has 2 rings (SSSR count). The Morgan fingerprint density at radius 1 is 1.22 bits per heavy atom. The second-order valence-electron chi connectivity index (χ2n) is 5.45. The average Bonchev–Trinajstić information content (AvgIpc) is 2.79. The summed E-state index contributed by atoms with van der Waals surface area (Å²) in [6.45, 7) is -0.251. The molecular weight excluding hydrogens is 425 g/mol. The third-order valence-electron chi connectivity index (χ3n) is 3.20. The zero-order valence-corrected chi connectivity index (χ0v) is 15.1. The number of rotatable bonds is 4. The fraction of sp³-hybridized carbons (Fsp3) is 0.429. The van der Waals surface area contributed by atoms with Gasteiger partial charge in [0.1, 0.15) is 6.54 Å². The van der Waals surface area contributed by atoms with Crippen molar-refractivity contribution in [2.24, 2.45) is 4.99 Å². The summed E-state index contributed by atoms with van der Waals surface area (Å²) in [5.74, 6) is -4.06. The van der Waals surface area contributed by atoms with Crippen molar-refractivity contribution in [3.63, 3.8) is 0 Å². The molecule has 1 heterocycles. The normalized spacial score (nSPS) is 18.5. The van der Waals surface area contributed by atoms with Gasteiger partial charge >= 0.3 is 12.4 Å². The second kappa shape index (κ2) is 7.87. The molecule has 0 bridgehead atoms. The summed E-state index contributed by atoms with van der Waals surface area (Å²) in [6, 6.07) is 1.58. The van der Waals surface area contributed by atoms with E-state index in [2.05, 4.69) is 4.99 Å². The number of amidine groups is 1. The maximum atomic E-state index is 13.9. The topological polar surface area (TPSA) is 55.7 Å². The molecule has 0 spiro atoms. The van der Waals surface area contributed by atoms with E-state index in [1.54, 1.807) is 0 Å². The van der Waals surface area contributed by atoms with Crippen LogP contribution in [0.4, 0.5) is 36.4 Å². The number of nitrogens with zero attached hydrogens (tertiary/aromatic N) is 2. The van der Waals surface area contributed by atoms with E-state index in [1.165, 1.54) is 6.92 Å². The highest BCUT2D eigenvalue weighted by molar-refractivity contribution is 8.15. The first kappa shape index (κ1) is 21.8. The quantitative estimate of drug-likeness (QED) is 0.531. The largest absolute Gasteiger partial charge is 0.611 e. The molecule has 0 unspecified atom stereocenters. The number of hydrogen-bond acceptors (Lipinski definition) is 4. The van der Waals surface area contributed by atoms with E-state index in [9.17, 15) is 40.1 Å². The molecule has 13 heteroatoms. The Morgan fingerprint density at radius 3 is 2.41 bits per heavy atom. The van der Waals surface area contributed by atoms with Crippen LogP contribution in [0.1, 0.15) is 5.56 Å². The lowest BCUT2D eigenvalue weighted by Crippen LogP contribution is -2.38. The molecule has 1 amide bonds. The number of benzene rings is 1. The lowest BCUT2D eigenvalue weighted by atomic mass is 10.2. The molecule has 1 fully saturated rings. The first-order valence-electron chi connectivity index (χ1n) is 7.11. The van der Waals surface area contributed by atoms with Crippen molar-refractivity contribution in [3.8, 4) is 0 Å². The molecule has 150 valence electrons. The third-order valence-corrected chi connectivity index (χ3v) is 5.55. The van der Waals surface area contributed by atoms with Gasteiger partial charge in [0.2, 0.25) is 11.7 Å². The molecule has 0 saturated carbocycles. The Balaban J connectivity index is 2.39. The Kier molecular flexibility index (Phi) is 6.37. The van der Waals surface area contributed by atoms with Crippen LogP contribution in [0.15, 0.2) is 22.0 Å². The maximum absolute atomic E-state index is 13.9. The van der Waals surface area contributed by atoms with Gasteiger partial charge in [-0.3, -0.25) is 9.69 Å². The smallest absolute Gasteiger partial charge is 0.433 e. The summed E-state index contributed by atoms with van der Waals surface area (Å²) in [4.78, 5) is 15.1. The first-order chi connectivity index (χ1) is 12.3. The van der Waals surface area contributed by atoms with E-state index in [4.69, 9.17) is 0 Å². The Morgan fingerprint density at radius 2 is 1.85 bits per heavy atom. The minimum absolute atomic E-state index is 0.0969. The van der Waals surface area contributed by atoms with Gasteiger partial charge in [0.25, 0.3) is 0 Å². The lowest BCUT2D eigenvalue weighted by Gasteiger charge is -2.18. The van der Waals surface area contributed by atoms with Gasteiger partial charge in [0, 0.05) is 6.07 Å². The number of alkyl halides is 6. The standard InChI is InChI=1S/C14H11F7N2O2S2/c1-7-2-8(15)10(27(25)6-14(19,20)21)3-9(7)22-12-23(5-13(16,17)18)11(24)4-26-12/h2-3H,4-6H2,1H3/b22-12-/t27-/m1/s1. The second-order valence-corrected chi connectivity index (χ2v) is 7.81. The molecule has 27 heavy (non-hydrogen) atoms. The average molecular weight is 436 g/mol. The molecule has 1 aromatic rings. The van der Waals surface area contributed by atoms with Gasteiger partial charge < -0.3 is 4.55 Å². The van der Waals surface area contributed by atoms with Crippen molar-refractivity contribution in [2.45, 2.75) is 24.2 Å². The molecule has 0 radical (unpaired) electrons. The number of carbonyl (C=O) groups excluding carboxylic acids is 1. The van der Waals surface area contributed by atoms with Crippen molar-refractivity contribution in [1.82, 2.24) is 4.90 Å². The zero-order chi connectivity index (χ0) is 20.6. The number of halogens is 7. The molecule has 4 nitrogen and oxygen atoms in total. The van der Waals surface area contributed by atoms with E-state index in [-0.39, 0.29) is 22.2 Å². The van der Waals surface area contributed by atoms with Crippen molar-refractivity contribution >= 4 is 39.7 Å². The number of hydrogen-bond donors (Lipinski definition) is 0. The zero-order valence-electron chi connectivity index (χ0n) is 13.4. The van der Waals surface area contributed by atoms with Gasteiger partial charge in [-0.2, -0.15) is 26.3 Å². The van der Waals surface area contributed by atoms with E-state index in [1.807, 2.05) is 0 Å². The van der Waals surface area contributed by atoms with Crippen LogP contribution in [0.25, 0.3) is 0 Å². The van der Waals surface area contributed by atoms with E-state index < -0.39 is 52.4 Å². The summed E-state index contributed by atoms with van der Waals surface area (Å²) in [6.07, 6.45) is -9.48. The van der Waals surface area contributed by atoms with Crippen molar-refractivity contribution in [1.29, 1.82) is 0 Å². The van der Waals surface area contributed by atoms with Gasteiger partial charge in [-0.1, -0.05) is 11.8 Å².